The number of carbonyl (C=O) groups is 1. The van der Waals surface area contributed by atoms with Gasteiger partial charge in [0.2, 0.25) is 0 Å². The fourth-order valence-electron chi connectivity index (χ4n) is 1.54. The second-order valence-corrected chi connectivity index (χ2v) is 5.77. The number of hydrogen-bond acceptors (Lipinski definition) is 2. The first-order chi connectivity index (χ1) is 7.99. The Morgan fingerprint density at radius 3 is 2.71 bits per heavy atom. The molecule has 1 rings (SSSR count). The fourth-order valence-corrected chi connectivity index (χ4v) is 2.57. The number of aryl methyl sites for hydroxylation is 2. The van der Waals surface area contributed by atoms with Crippen molar-refractivity contribution in [1.29, 1.82) is 0 Å². The Balaban J connectivity index is 2.76. The standard InChI is InChI=1S/C14H20O2S/c1-10(2)9-17-13-6-4-11(3)8-12(13)5-7-14(15)16/h4,6,8,10H,5,7,9H2,1-3H3,(H,15,16). The third-order valence-electron chi connectivity index (χ3n) is 2.40. The lowest BCUT2D eigenvalue weighted by Crippen LogP contribution is -2.00. The summed E-state index contributed by atoms with van der Waals surface area (Å²) in [6, 6.07) is 6.30. The highest BCUT2D eigenvalue weighted by atomic mass is 32.2. The van der Waals surface area contributed by atoms with E-state index in [1.165, 1.54) is 10.5 Å². The van der Waals surface area contributed by atoms with E-state index in [-0.39, 0.29) is 6.42 Å². The Labute approximate surface area is 107 Å². The van der Waals surface area contributed by atoms with E-state index in [1.54, 1.807) is 0 Å². The van der Waals surface area contributed by atoms with Gasteiger partial charge in [-0.1, -0.05) is 31.5 Å². The molecule has 0 aliphatic heterocycles. The van der Waals surface area contributed by atoms with Crippen LogP contribution in [-0.2, 0) is 11.2 Å². The Hall–Kier alpha value is -0.960. The molecule has 2 nitrogen and oxygen atoms in total. The van der Waals surface area contributed by atoms with Crippen LogP contribution in [0.15, 0.2) is 23.1 Å². The summed E-state index contributed by atoms with van der Waals surface area (Å²) in [5, 5.41) is 8.75. The van der Waals surface area contributed by atoms with E-state index in [1.807, 2.05) is 18.7 Å². The van der Waals surface area contributed by atoms with Crippen molar-refractivity contribution < 1.29 is 9.90 Å². The van der Waals surface area contributed by atoms with Crippen molar-refractivity contribution in [3.8, 4) is 0 Å². The molecule has 1 N–H and O–H groups in total. The van der Waals surface area contributed by atoms with Crippen LogP contribution in [-0.4, -0.2) is 16.8 Å². The van der Waals surface area contributed by atoms with Crippen molar-refractivity contribution in [2.24, 2.45) is 5.92 Å². The number of benzene rings is 1. The fraction of sp³-hybridized carbons (Fsp3) is 0.500. The van der Waals surface area contributed by atoms with Crippen LogP contribution in [0.1, 0.15) is 31.4 Å². The van der Waals surface area contributed by atoms with Gasteiger partial charge < -0.3 is 5.11 Å². The van der Waals surface area contributed by atoms with Crippen molar-refractivity contribution in [1.82, 2.24) is 0 Å². The van der Waals surface area contributed by atoms with Gasteiger partial charge in [0.15, 0.2) is 0 Å². The highest BCUT2D eigenvalue weighted by molar-refractivity contribution is 7.99. The molecule has 0 saturated heterocycles. The molecular weight excluding hydrogens is 232 g/mol. The largest absolute Gasteiger partial charge is 0.481 e. The zero-order valence-electron chi connectivity index (χ0n) is 10.7. The van der Waals surface area contributed by atoms with Crippen LogP contribution in [0.4, 0.5) is 0 Å². The Kier molecular flexibility index (Phi) is 5.56. The van der Waals surface area contributed by atoms with Gasteiger partial charge in [-0.05, 0) is 30.9 Å². The summed E-state index contributed by atoms with van der Waals surface area (Å²) in [6.45, 7) is 6.43. The maximum Gasteiger partial charge on any atom is 0.303 e. The smallest absolute Gasteiger partial charge is 0.303 e. The molecule has 0 radical (unpaired) electrons. The average molecular weight is 252 g/mol. The Morgan fingerprint density at radius 1 is 1.41 bits per heavy atom. The molecule has 0 atom stereocenters. The molecule has 0 aliphatic rings. The van der Waals surface area contributed by atoms with E-state index in [9.17, 15) is 4.79 Å². The van der Waals surface area contributed by atoms with Crippen molar-refractivity contribution in [2.75, 3.05) is 5.75 Å². The lowest BCUT2D eigenvalue weighted by molar-refractivity contribution is -0.136. The number of aliphatic carboxylic acids is 1. The lowest BCUT2D eigenvalue weighted by atomic mass is 10.1. The molecule has 17 heavy (non-hydrogen) atoms. The Bertz CT molecular complexity index is 386. The highest BCUT2D eigenvalue weighted by Crippen LogP contribution is 2.26. The molecule has 0 aliphatic carbocycles. The van der Waals surface area contributed by atoms with Crippen LogP contribution in [0.3, 0.4) is 0 Å². The van der Waals surface area contributed by atoms with E-state index in [2.05, 4.69) is 32.0 Å². The second-order valence-electron chi connectivity index (χ2n) is 4.71. The monoisotopic (exact) mass is 252 g/mol. The van der Waals surface area contributed by atoms with Gasteiger partial charge in [-0.15, -0.1) is 11.8 Å². The van der Waals surface area contributed by atoms with Gasteiger partial charge in [-0.25, -0.2) is 0 Å². The highest BCUT2D eigenvalue weighted by Gasteiger charge is 2.07. The minimum atomic E-state index is -0.730. The lowest BCUT2D eigenvalue weighted by Gasteiger charge is -2.11. The quantitative estimate of drug-likeness (QED) is 0.783. The van der Waals surface area contributed by atoms with E-state index in [4.69, 9.17) is 5.11 Å². The number of rotatable bonds is 6. The van der Waals surface area contributed by atoms with Gasteiger partial charge in [0.25, 0.3) is 0 Å². The summed E-state index contributed by atoms with van der Waals surface area (Å²) in [4.78, 5) is 11.9. The number of carboxylic acid groups (broad SMARTS) is 1. The number of carboxylic acids is 1. The van der Waals surface area contributed by atoms with Crippen LogP contribution in [0, 0.1) is 12.8 Å². The van der Waals surface area contributed by atoms with Crippen LogP contribution >= 0.6 is 11.8 Å². The predicted molar refractivity (Wildman–Crippen MR) is 72.7 cm³/mol. The molecule has 0 unspecified atom stereocenters. The van der Waals surface area contributed by atoms with E-state index >= 15 is 0 Å². The maximum absolute atomic E-state index is 10.6. The van der Waals surface area contributed by atoms with Gasteiger partial charge in [0, 0.05) is 17.1 Å². The Morgan fingerprint density at radius 2 is 2.12 bits per heavy atom. The first-order valence-corrected chi connectivity index (χ1v) is 6.91. The molecule has 0 fully saturated rings. The van der Waals surface area contributed by atoms with Gasteiger partial charge >= 0.3 is 5.97 Å². The molecule has 3 heteroatoms. The topological polar surface area (TPSA) is 37.3 Å². The normalized spacial score (nSPS) is 10.8. The van der Waals surface area contributed by atoms with Crippen LogP contribution < -0.4 is 0 Å². The van der Waals surface area contributed by atoms with Gasteiger partial charge in [-0.3, -0.25) is 4.79 Å². The first kappa shape index (κ1) is 14.1. The third kappa shape index (κ3) is 5.26. The van der Waals surface area contributed by atoms with Crippen LogP contribution in [0.25, 0.3) is 0 Å². The van der Waals surface area contributed by atoms with Crippen molar-refractivity contribution in [2.45, 2.75) is 38.5 Å². The SMILES string of the molecule is Cc1ccc(SCC(C)C)c(CCC(=O)O)c1. The van der Waals surface area contributed by atoms with Crippen molar-refractivity contribution in [3.05, 3.63) is 29.3 Å². The first-order valence-electron chi connectivity index (χ1n) is 5.93. The van der Waals surface area contributed by atoms with Crippen LogP contribution in [0.2, 0.25) is 0 Å². The summed E-state index contributed by atoms with van der Waals surface area (Å²) >= 11 is 1.82. The molecular formula is C14H20O2S. The number of thioether (sulfide) groups is 1. The zero-order chi connectivity index (χ0) is 12.8. The minimum absolute atomic E-state index is 0.207. The predicted octanol–water partition coefficient (Wildman–Crippen LogP) is 3.76. The van der Waals surface area contributed by atoms with Gasteiger partial charge in [0.1, 0.15) is 0 Å². The van der Waals surface area contributed by atoms with Gasteiger partial charge in [-0.2, -0.15) is 0 Å². The maximum atomic E-state index is 10.6. The second kappa shape index (κ2) is 6.70. The van der Waals surface area contributed by atoms with Gasteiger partial charge in [0.05, 0.1) is 0 Å². The molecule has 0 spiro atoms. The molecule has 1 aromatic rings. The molecule has 0 aromatic heterocycles. The summed E-state index contributed by atoms with van der Waals surface area (Å²) in [6.07, 6.45) is 0.829. The molecule has 0 amide bonds. The summed E-state index contributed by atoms with van der Waals surface area (Å²) in [5.41, 5.74) is 2.36. The minimum Gasteiger partial charge on any atom is -0.481 e. The third-order valence-corrected chi connectivity index (χ3v) is 3.94. The average Bonchev–Trinajstić information content (AvgIpc) is 2.24. The molecule has 0 heterocycles. The number of hydrogen-bond donors (Lipinski definition) is 1. The van der Waals surface area contributed by atoms with Crippen molar-refractivity contribution >= 4 is 17.7 Å². The molecule has 0 bridgehead atoms. The molecule has 0 saturated carbocycles. The van der Waals surface area contributed by atoms with Crippen LogP contribution in [0.5, 0.6) is 0 Å². The summed E-state index contributed by atoms with van der Waals surface area (Å²) in [7, 11) is 0. The molecule has 94 valence electrons. The van der Waals surface area contributed by atoms with E-state index < -0.39 is 5.97 Å². The summed E-state index contributed by atoms with van der Waals surface area (Å²) < 4.78 is 0. The zero-order valence-corrected chi connectivity index (χ0v) is 11.5. The van der Waals surface area contributed by atoms with E-state index in [0.29, 0.717) is 12.3 Å². The van der Waals surface area contributed by atoms with Crippen molar-refractivity contribution in [3.63, 3.8) is 0 Å². The molecule has 1 aromatic carbocycles. The summed E-state index contributed by atoms with van der Waals surface area (Å²) in [5.74, 6) is 0.989. The van der Waals surface area contributed by atoms with E-state index in [0.717, 1.165) is 11.3 Å².